The van der Waals surface area contributed by atoms with Gasteiger partial charge in [-0.3, -0.25) is 13.8 Å². The lowest BCUT2D eigenvalue weighted by Gasteiger charge is -2.14. The molecule has 0 saturated carbocycles. The molecular weight excluding hydrogens is 478 g/mol. The van der Waals surface area contributed by atoms with E-state index in [2.05, 4.69) is 15.0 Å². The van der Waals surface area contributed by atoms with Crippen molar-refractivity contribution in [2.45, 2.75) is 9.79 Å². The molecule has 2 aromatic carbocycles. The fourth-order valence-electron chi connectivity index (χ4n) is 2.24. The molecule has 0 radical (unpaired) electrons. The summed E-state index contributed by atoms with van der Waals surface area (Å²) in [5.41, 5.74) is 0.437. The highest BCUT2D eigenvalue weighted by atomic mass is 32.2. The van der Waals surface area contributed by atoms with E-state index >= 15 is 0 Å². The predicted octanol–water partition coefficient (Wildman–Crippen LogP) is 1.98. The van der Waals surface area contributed by atoms with Crippen LogP contribution < -0.4 is 18.4 Å². The Balaban J connectivity index is 2.41. The molecule has 0 fully saturated rings. The van der Waals surface area contributed by atoms with Gasteiger partial charge in [-0.05, 0) is 6.07 Å². The fourth-order valence-corrected chi connectivity index (χ4v) is 4.05. The summed E-state index contributed by atoms with van der Waals surface area (Å²) in [5.74, 6) is -0.130. The average molecular weight is 496 g/mol. The summed E-state index contributed by atoms with van der Waals surface area (Å²) in [6, 6.07) is 4.74. The van der Waals surface area contributed by atoms with E-state index in [1.54, 1.807) is 0 Å². The molecule has 1 unspecified atom stereocenters. The Kier molecular flexibility index (Phi) is 7.55. The normalized spacial score (nSPS) is 13.1. The first-order valence-corrected chi connectivity index (χ1v) is 11.9. The lowest BCUT2D eigenvalue weighted by molar-refractivity contribution is 0.405. The number of ether oxygens (including phenoxy) is 2. The van der Waals surface area contributed by atoms with Crippen molar-refractivity contribution < 1.29 is 43.8 Å². The Morgan fingerprint density at radius 2 is 1.45 bits per heavy atom. The van der Waals surface area contributed by atoms with Gasteiger partial charge < -0.3 is 13.7 Å². The molecule has 1 atom stereocenters. The van der Waals surface area contributed by atoms with Gasteiger partial charge in [-0.25, -0.2) is 0 Å². The van der Waals surface area contributed by atoms with Gasteiger partial charge in [-0.2, -0.15) is 31.3 Å². The molecule has 13 nitrogen and oxygen atoms in total. The van der Waals surface area contributed by atoms with Gasteiger partial charge in [0.25, 0.3) is 20.2 Å². The molecule has 16 heteroatoms. The quantitative estimate of drug-likeness (QED) is 0.342. The summed E-state index contributed by atoms with van der Waals surface area (Å²) < 4.78 is 94.0. The lowest BCUT2D eigenvalue weighted by Crippen LogP contribution is -2.13. The Labute approximate surface area is 180 Å². The number of anilines is 1. The molecule has 2 aromatic rings. The van der Waals surface area contributed by atoms with Gasteiger partial charge in [0.05, 0.1) is 29.7 Å². The monoisotopic (exact) mass is 495 g/mol. The van der Waals surface area contributed by atoms with Crippen molar-refractivity contribution in [1.29, 1.82) is 0 Å². The number of benzene rings is 2. The van der Waals surface area contributed by atoms with Crippen LogP contribution in [0, 0.1) is 0 Å². The molecule has 0 heterocycles. The lowest BCUT2D eigenvalue weighted by atomic mass is 10.2. The molecule has 2 rings (SSSR count). The molecule has 0 amide bonds. The van der Waals surface area contributed by atoms with Crippen molar-refractivity contribution in [3.8, 4) is 17.2 Å². The molecule has 0 bridgehead atoms. The minimum atomic E-state index is -4.86. The van der Waals surface area contributed by atoms with Crippen LogP contribution in [-0.2, 0) is 31.5 Å². The van der Waals surface area contributed by atoms with Gasteiger partial charge >= 0.3 is 11.3 Å². The minimum absolute atomic E-state index is 0.119. The number of nitrogens with zero attached hydrogens (tertiary/aromatic N) is 2. The summed E-state index contributed by atoms with van der Waals surface area (Å²) in [7, 11) is -5.58. The maximum atomic E-state index is 12.4. The first kappa shape index (κ1) is 24.5. The topological polar surface area (TPSA) is 190 Å². The molecule has 0 aliphatic heterocycles. The zero-order chi connectivity index (χ0) is 23.4. The van der Waals surface area contributed by atoms with Gasteiger partial charge in [0.15, 0.2) is 0 Å². The van der Waals surface area contributed by atoms with Gasteiger partial charge in [0, 0.05) is 31.3 Å². The van der Waals surface area contributed by atoms with E-state index in [4.69, 9.17) is 13.7 Å². The van der Waals surface area contributed by atoms with Crippen LogP contribution >= 0.6 is 0 Å². The van der Waals surface area contributed by atoms with Crippen molar-refractivity contribution in [1.82, 2.24) is 0 Å². The summed E-state index contributed by atoms with van der Waals surface area (Å²) in [5, 5.41) is 7.50. The highest BCUT2D eigenvalue weighted by Gasteiger charge is 2.20. The number of hydrogen-bond donors (Lipinski definition) is 3. The van der Waals surface area contributed by atoms with E-state index in [1.807, 2.05) is 0 Å². The van der Waals surface area contributed by atoms with Crippen molar-refractivity contribution in [3.05, 3.63) is 30.3 Å². The van der Waals surface area contributed by atoms with Crippen molar-refractivity contribution in [3.63, 3.8) is 0 Å². The van der Waals surface area contributed by atoms with Gasteiger partial charge in [0.1, 0.15) is 22.9 Å². The highest BCUT2D eigenvalue weighted by Crippen LogP contribution is 2.38. The third kappa shape index (κ3) is 6.34. The van der Waals surface area contributed by atoms with Gasteiger partial charge in [-0.15, -0.1) is 0 Å². The van der Waals surface area contributed by atoms with Crippen LogP contribution in [0.4, 0.5) is 11.4 Å². The summed E-state index contributed by atoms with van der Waals surface area (Å²) in [6.07, 6.45) is 0. The number of rotatable bonds is 9. The van der Waals surface area contributed by atoms with Gasteiger partial charge in [-0.1, -0.05) is 0 Å². The highest BCUT2D eigenvalue weighted by molar-refractivity contribution is 7.86. The smallest absolute Gasteiger partial charge is 0.316 e. The van der Waals surface area contributed by atoms with Crippen LogP contribution in [0.3, 0.4) is 0 Å². The SMILES string of the molecule is CN=Nc1cc(OC)c(NS(=O)Oc2cc(S(=O)(=O)O)cc(S(=O)(=O)O)c2)cc1OC. The van der Waals surface area contributed by atoms with Gasteiger partial charge in [0.2, 0.25) is 0 Å². The maximum Gasteiger partial charge on any atom is 0.316 e. The Morgan fingerprint density at radius 3 is 1.90 bits per heavy atom. The second-order valence-electron chi connectivity index (χ2n) is 5.53. The number of hydrogen-bond acceptors (Lipinski definition) is 10. The number of azo groups is 1. The maximum absolute atomic E-state index is 12.4. The van der Waals surface area contributed by atoms with Crippen molar-refractivity contribution in [2.75, 3.05) is 26.0 Å². The Bertz CT molecular complexity index is 1190. The van der Waals surface area contributed by atoms with Crippen LogP contribution in [0.2, 0.25) is 0 Å². The molecule has 3 N–H and O–H groups in total. The molecule has 0 spiro atoms. The Morgan fingerprint density at radius 1 is 0.903 bits per heavy atom. The zero-order valence-corrected chi connectivity index (χ0v) is 18.6. The fraction of sp³-hybridized carbons (Fsp3) is 0.200. The summed E-state index contributed by atoms with van der Waals surface area (Å²) in [4.78, 5) is -1.80. The third-order valence-electron chi connectivity index (χ3n) is 3.52. The van der Waals surface area contributed by atoms with Crippen LogP contribution in [0.15, 0.2) is 50.4 Å². The second kappa shape index (κ2) is 9.56. The summed E-state index contributed by atoms with van der Waals surface area (Å²) in [6.45, 7) is 0. The van der Waals surface area contributed by atoms with E-state index < -0.39 is 47.0 Å². The minimum Gasteiger partial charge on any atom is -0.494 e. The largest absolute Gasteiger partial charge is 0.494 e. The third-order valence-corrected chi connectivity index (χ3v) is 5.92. The Hall–Kier alpha value is -2.79. The van der Waals surface area contributed by atoms with E-state index in [9.17, 15) is 30.1 Å². The molecule has 0 aromatic heterocycles. The van der Waals surface area contributed by atoms with Crippen LogP contribution in [0.1, 0.15) is 0 Å². The standard InChI is InChI=1S/C15H17N3O10S3/c1-16-17-12-7-15(27-3)13(8-14(12)26-2)18-29(19)28-9-4-10(30(20,21)22)6-11(5-9)31(23,24)25/h4-8,18H,1-3H3,(H,20,21,22)(H,23,24,25). The summed E-state index contributed by atoms with van der Waals surface area (Å²) >= 11 is -2.42. The van der Waals surface area contributed by atoms with E-state index in [1.165, 1.54) is 33.4 Å². The van der Waals surface area contributed by atoms with E-state index in [0.717, 1.165) is 0 Å². The van der Waals surface area contributed by atoms with Crippen LogP contribution in [0.25, 0.3) is 0 Å². The van der Waals surface area contributed by atoms with Crippen molar-refractivity contribution in [2.24, 2.45) is 10.2 Å². The molecule has 170 valence electrons. The molecular formula is C15H17N3O10S3. The second-order valence-corrected chi connectivity index (χ2v) is 9.22. The zero-order valence-electron chi connectivity index (χ0n) is 16.2. The van der Waals surface area contributed by atoms with E-state index in [-0.39, 0.29) is 17.2 Å². The first-order chi connectivity index (χ1) is 14.4. The van der Waals surface area contributed by atoms with Crippen LogP contribution in [-0.4, -0.2) is 51.4 Å². The first-order valence-electron chi connectivity index (χ1n) is 7.91. The number of nitrogens with one attached hydrogen (secondary N) is 1. The molecule has 0 saturated heterocycles. The number of methoxy groups -OCH3 is 2. The van der Waals surface area contributed by atoms with Crippen LogP contribution in [0.5, 0.6) is 17.2 Å². The predicted molar refractivity (Wildman–Crippen MR) is 108 cm³/mol. The average Bonchev–Trinajstić information content (AvgIpc) is 2.67. The molecule has 0 aliphatic rings. The molecule has 31 heavy (non-hydrogen) atoms. The molecule has 0 aliphatic carbocycles. The van der Waals surface area contributed by atoms with E-state index in [0.29, 0.717) is 23.9 Å². The van der Waals surface area contributed by atoms with Crippen molar-refractivity contribution >= 4 is 42.9 Å².